The molecular formula is C15H19NOS. The van der Waals surface area contributed by atoms with Crippen molar-refractivity contribution >= 4 is 21.4 Å². The van der Waals surface area contributed by atoms with E-state index in [9.17, 15) is 5.11 Å². The van der Waals surface area contributed by atoms with Gasteiger partial charge >= 0.3 is 0 Å². The SMILES string of the molecule is CC(O)(c1cc2ccccc2s1)C1CCCCN1. The molecule has 0 aliphatic carbocycles. The van der Waals surface area contributed by atoms with Crippen LogP contribution in [0.1, 0.15) is 31.1 Å². The van der Waals surface area contributed by atoms with Crippen LogP contribution in [-0.4, -0.2) is 17.7 Å². The summed E-state index contributed by atoms with van der Waals surface area (Å²) in [6.45, 7) is 2.96. The highest BCUT2D eigenvalue weighted by Gasteiger charge is 2.35. The number of hydrogen-bond donors (Lipinski definition) is 2. The van der Waals surface area contributed by atoms with Crippen LogP contribution in [0.3, 0.4) is 0 Å². The smallest absolute Gasteiger partial charge is 0.111 e. The van der Waals surface area contributed by atoms with E-state index in [0.717, 1.165) is 17.8 Å². The topological polar surface area (TPSA) is 32.3 Å². The predicted octanol–water partition coefficient (Wildman–Crippen LogP) is 3.25. The summed E-state index contributed by atoms with van der Waals surface area (Å²) in [5, 5.41) is 15.5. The lowest BCUT2D eigenvalue weighted by Gasteiger charge is -2.35. The van der Waals surface area contributed by atoms with Gasteiger partial charge in [-0.2, -0.15) is 0 Å². The van der Waals surface area contributed by atoms with Crippen LogP contribution in [0.5, 0.6) is 0 Å². The number of fused-ring (bicyclic) bond motifs is 1. The minimum atomic E-state index is -0.760. The van der Waals surface area contributed by atoms with Gasteiger partial charge in [0.05, 0.1) is 0 Å². The molecular weight excluding hydrogens is 242 g/mol. The maximum Gasteiger partial charge on any atom is 0.111 e. The molecule has 0 saturated carbocycles. The highest BCUT2D eigenvalue weighted by atomic mass is 32.1. The van der Waals surface area contributed by atoms with E-state index in [4.69, 9.17) is 0 Å². The number of benzene rings is 1. The van der Waals surface area contributed by atoms with Crippen molar-refractivity contribution in [2.75, 3.05) is 6.54 Å². The zero-order valence-corrected chi connectivity index (χ0v) is 11.5. The number of nitrogens with one attached hydrogen (secondary N) is 1. The molecule has 0 bridgehead atoms. The number of rotatable bonds is 2. The maximum atomic E-state index is 10.9. The van der Waals surface area contributed by atoms with E-state index in [1.54, 1.807) is 11.3 Å². The zero-order chi connectivity index (χ0) is 12.6. The Bertz CT molecular complexity index is 507. The molecule has 18 heavy (non-hydrogen) atoms. The Morgan fingerprint density at radius 3 is 2.89 bits per heavy atom. The fourth-order valence-corrected chi connectivity index (χ4v) is 3.90. The van der Waals surface area contributed by atoms with E-state index in [2.05, 4.69) is 29.6 Å². The first-order valence-electron chi connectivity index (χ1n) is 6.63. The minimum absolute atomic E-state index is 0.180. The first-order valence-corrected chi connectivity index (χ1v) is 7.44. The molecule has 3 heteroatoms. The molecule has 96 valence electrons. The Morgan fingerprint density at radius 2 is 2.17 bits per heavy atom. The molecule has 1 fully saturated rings. The summed E-state index contributed by atoms with van der Waals surface area (Å²) in [4.78, 5) is 1.07. The van der Waals surface area contributed by atoms with Gasteiger partial charge in [0, 0.05) is 15.6 Å². The Labute approximate surface area is 112 Å². The van der Waals surface area contributed by atoms with E-state index >= 15 is 0 Å². The van der Waals surface area contributed by atoms with Crippen LogP contribution in [0, 0.1) is 0 Å². The lowest BCUT2D eigenvalue weighted by molar-refractivity contribution is 0.00909. The third-order valence-corrected chi connectivity index (χ3v) is 5.26. The maximum absolute atomic E-state index is 10.9. The summed E-state index contributed by atoms with van der Waals surface area (Å²) < 4.78 is 1.25. The monoisotopic (exact) mass is 261 g/mol. The van der Waals surface area contributed by atoms with Gasteiger partial charge in [-0.15, -0.1) is 11.3 Å². The molecule has 1 saturated heterocycles. The molecule has 2 heterocycles. The quantitative estimate of drug-likeness (QED) is 0.869. The average Bonchev–Trinajstić information content (AvgIpc) is 2.84. The van der Waals surface area contributed by atoms with Gasteiger partial charge < -0.3 is 10.4 Å². The second-order valence-electron chi connectivity index (χ2n) is 5.30. The summed E-state index contributed by atoms with van der Waals surface area (Å²) in [5.74, 6) is 0. The molecule has 2 unspecified atom stereocenters. The number of aliphatic hydroxyl groups is 1. The second kappa shape index (κ2) is 4.65. The molecule has 3 rings (SSSR count). The van der Waals surface area contributed by atoms with Crippen molar-refractivity contribution < 1.29 is 5.11 Å². The molecule has 1 aromatic carbocycles. The molecule has 1 aliphatic rings. The third-order valence-electron chi connectivity index (χ3n) is 3.91. The van der Waals surface area contributed by atoms with Crippen molar-refractivity contribution in [1.29, 1.82) is 0 Å². The van der Waals surface area contributed by atoms with Gasteiger partial charge in [0.25, 0.3) is 0 Å². The Balaban J connectivity index is 1.96. The molecule has 2 nitrogen and oxygen atoms in total. The predicted molar refractivity (Wildman–Crippen MR) is 77.0 cm³/mol. The Hall–Kier alpha value is -0.900. The largest absolute Gasteiger partial charge is 0.383 e. The summed E-state index contributed by atoms with van der Waals surface area (Å²) in [5.41, 5.74) is -0.760. The second-order valence-corrected chi connectivity index (χ2v) is 6.38. The fraction of sp³-hybridized carbons (Fsp3) is 0.467. The lowest BCUT2D eigenvalue weighted by atomic mass is 9.88. The van der Waals surface area contributed by atoms with E-state index in [1.807, 2.05) is 13.0 Å². The Kier molecular flexibility index (Phi) is 3.14. The summed E-state index contributed by atoms with van der Waals surface area (Å²) in [7, 11) is 0. The van der Waals surface area contributed by atoms with E-state index in [1.165, 1.54) is 22.9 Å². The first-order chi connectivity index (χ1) is 8.68. The molecule has 0 amide bonds. The van der Waals surface area contributed by atoms with Gasteiger partial charge in [0.1, 0.15) is 5.60 Å². The molecule has 2 atom stereocenters. The van der Waals surface area contributed by atoms with Crippen molar-refractivity contribution in [2.24, 2.45) is 0 Å². The summed E-state index contributed by atoms with van der Waals surface area (Å²) in [6.07, 6.45) is 3.49. The van der Waals surface area contributed by atoms with E-state index in [-0.39, 0.29) is 6.04 Å². The van der Waals surface area contributed by atoms with Crippen LogP contribution < -0.4 is 5.32 Å². The highest BCUT2D eigenvalue weighted by Crippen LogP contribution is 2.36. The lowest BCUT2D eigenvalue weighted by Crippen LogP contribution is -2.48. The normalized spacial score (nSPS) is 24.0. The van der Waals surface area contributed by atoms with Crippen LogP contribution in [0.25, 0.3) is 10.1 Å². The van der Waals surface area contributed by atoms with Crippen LogP contribution in [-0.2, 0) is 5.60 Å². The molecule has 2 N–H and O–H groups in total. The van der Waals surface area contributed by atoms with Crippen molar-refractivity contribution in [3.63, 3.8) is 0 Å². The van der Waals surface area contributed by atoms with Gasteiger partial charge in [-0.3, -0.25) is 0 Å². The van der Waals surface area contributed by atoms with Gasteiger partial charge in [-0.1, -0.05) is 24.6 Å². The van der Waals surface area contributed by atoms with Crippen LogP contribution in [0.4, 0.5) is 0 Å². The molecule has 1 aliphatic heterocycles. The van der Waals surface area contributed by atoms with Gasteiger partial charge in [-0.25, -0.2) is 0 Å². The van der Waals surface area contributed by atoms with Crippen LogP contribution in [0.15, 0.2) is 30.3 Å². The number of piperidine rings is 1. The van der Waals surface area contributed by atoms with E-state index < -0.39 is 5.60 Å². The first kappa shape index (κ1) is 12.2. The van der Waals surface area contributed by atoms with Gasteiger partial charge in [-0.05, 0) is 43.8 Å². The third kappa shape index (κ3) is 2.07. The molecule has 2 aromatic rings. The van der Waals surface area contributed by atoms with E-state index in [0.29, 0.717) is 0 Å². The molecule has 0 spiro atoms. The highest BCUT2D eigenvalue weighted by molar-refractivity contribution is 7.19. The fourth-order valence-electron chi connectivity index (χ4n) is 2.73. The van der Waals surface area contributed by atoms with Gasteiger partial charge in [0.2, 0.25) is 0 Å². The van der Waals surface area contributed by atoms with Crippen molar-refractivity contribution in [2.45, 2.75) is 37.8 Å². The minimum Gasteiger partial charge on any atom is -0.383 e. The zero-order valence-electron chi connectivity index (χ0n) is 10.6. The van der Waals surface area contributed by atoms with Crippen molar-refractivity contribution in [3.8, 4) is 0 Å². The van der Waals surface area contributed by atoms with Crippen LogP contribution in [0.2, 0.25) is 0 Å². The van der Waals surface area contributed by atoms with Gasteiger partial charge in [0.15, 0.2) is 0 Å². The van der Waals surface area contributed by atoms with Crippen molar-refractivity contribution in [3.05, 3.63) is 35.2 Å². The average molecular weight is 261 g/mol. The van der Waals surface area contributed by atoms with Crippen molar-refractivity contribution in [1.82, 2.24) is 5.32 Å². The Morgan fingerprint density at radius 1 is 1.33 bits per heavy atom. The standard InChI is InChI=1S/C15H19NOS/c1-15(17,13-8-4-5-9-16-13)14-10-11-6-2-3-7-12(11)18-14/h2-3,6-7,10,13,16-17H,4-5,8-9H2,1H3. The van der Waals surface area contributed by atoms with Crippen LogP contribution >= 0.6 is 11.3 Å². The summed E-state index contributed by atoms with van der Waals surface area (Å²) >= 11 is 1.71. The molecule has 0 radical (unpaired) electrons. The molecule has 1 aromatic heterocycles. The number of thiophene rings is 1. The number of hydrogen-bond acceptors (Lipinski definition) is 3. The summed E-state index contributed by atoms with van der Waals surface area (Å²) in [6, 6.07) is 10.6.